The Bertz CT molecular complexity index is 456. The molecule has 0 aromatic carbocycles. The number of hydrogen-bond acceptors (Lipinski definition) is 2. The number of alkyl halides is 9. The van der Waals surface area contributed by atoms with Crippen LogP contribution in [0.15, 0.2) is 12.2 Å². The lowest BCUT2D eigenvalue weighted by molar-refractivity contribution is -0.401. The topological polar surface area (TPSA) is 57.5 Å². The van der Waals surface area contributed by atoms with Gasteiger partial charge in [0.25, 0.3) is 0 Å². The molecule has 0 aromatic heterocycles. The summed E-state index contributed by atoms with van der Waals surface area (Å²) in [4.78, 5) is 10.6. The molecule has 0 aromatic rings. The normalized spacial score (nSPS) is 15.4. The predicted octanol–water partition coefficient (Wildman–Crippen LogP) is 3.48. The van der Waals surface area contributed by atoms with Crippen molar-refractivity contribution in [2.24, 2.45) is 5.92 Å². The molecule has 0 amide bonds. The fourth-order valence-corrected chi connectivity index (χ4v) is 1.62. The van der Waals surface area contributed by atoms with Crippen LogP contribution in [-0.4, -0.2) is 46.7 Å². The van der Waals surface area contributed by atoms with Gasteiger partial charge in [0.05, 0.1) is 5.92 Å². The maximum Gasteiger partial charge on any atom is 0.460 e. The molecule has 0 bridgehead atoms. The molecule has 0 aliphatic heterocycles. The van der Waals surface area contributed by atoms with E-state index in [0.717, 1.165) is 0 Å². The van der Waals surface area contributed by atoms with Gasteiger partial charge in [-0.3, -0.25) is 0 Å². The van der Waals surface area contributed by atoms with E-state index < -0.39 is 60.9 Å². The third-order valence-electron chi connectivity index (χ3n) is 2.95. The van der Waals surface area contributed by atoms with E-state index in [0.29, 0.717) is 0 Å². The van der Waals surface area contributed by atoms with Crippen LogP contribution in [0.2, 0.25) is 0 Å². The van der Waals surface area contributed by atoms with Crippen LogP contribution in [0.25, 0.3) is 0 Å². The van der Waals surface area contributed by atoms with Gasteiger partial charge in [0, 0.05) is 12.2 Å². The van der Waals surface area contributed by atoms with Crippen molar-refractivity contribution in [3.05, 3.63) is 12.2 Å². The molecule has 1 atom stereocenters. The van der Waals surface area contributed by atoms with Gasteiger partial charge in [0.15, 0.2) is 0 Å². The SMILES string of the molecule is C=C(C(=O)O)C(CCCO)C(F)(F)C(F)(F)C(F)(F)C(F)(F)F. The Kier molecular flexibility index (Phi) is 6.16. The Morgan fingerprint density at radius 2 is 1.39 bits per heavy atom. The summed E-state index contributed by atoms with van der Waals surface area (Å²) in [5.41, 5.74) is -1.68. The van der Waals surface area contributed by atoms with Crippen LogP contribution in [-0.2, 0) is 4.79 Å². The van der Waals surface area contributed by atoms with Crippen molar-refractivity contribution in [2.45, 2.75) is 36.8 Å². The molecular weight excluding hydrogens is 351 g/mol. The van der Waals surface area contributed by atoms with Crippen LogP contribution >= 0.6 is 0 Å². The average Bonchev–Trinajstić information content (AvgIpc) is 2.36. The van der Waals surface area contributed by atoms with Crippen molar-refractivity contribution < 1.29 is 54.5 Å². The summed E-state index contributed by atoms with van der Waals surface area (Å²) >= 11 is 0. The van der Waals surface area contributed by atoms with Crippen molar-refractivity contribution in [1.29, 1.82) is 0 Å². The van der Waals surface area contributed by atoms with Gasteiger partial charge < -0.3 is 10.2 Å². The minimum absolute atomic E-state index is 0.750. The lowest BCUT2D eigenvalue weighted by Crippen LogP contribution is -2.63. The summed E-state index contributed by atoms with van der Waals surface area (Å²) < 4.78 is 115. The van der Waals surface area contributed by atoms with Gasteiger partial charge in [0.2, 0.25) is 0 Å². The standard InChI is InChI=1S/C11H11F9O3/c1-5(7(22)23)6(3-2-4-21)8(12,13)9(14,15)10(16,17)11(18,19)20/h6,21H,1-4H2,(H,22,23). The van der Waals surface area contributed by atoms with Crippen LogP contribution in [0.3, 0.4) is 0 Å². The number of carbonyl (C=O) groups is 1. The van der Waals surface area contributed by atoms with Gasteiger partial charge in [-0.2, -0.15) is 39.5 Å². The Morgan fingerprint density at radius 1 is 0.957 bits per heavy atom. The second kappa shape index (κ2) is 6.57. The number of hydrogen-bond donors (Lipinski definition) is 2. The van der Waals surface area contributed by atoms with Gasteiger partial charge >= 0.3 is 29.9 Å². The van der Waals surface area contributed by atoms with Gasteiger partial charge in [-0.15, -0.1) is 0 Å². The van der Waals surface area contributed by atoms with E-state index in [4.69, 9.17) is 10.2 Å². The van der Waals surface area contributed by atoms with E-state index in [1.54, 1.807) is 0 Å². The first-order valence-corrected chi connectivity index (χ1v) is 5.78. The van der Waals surface area contributed by atoms with Crippen LogP contribution in [0.1, 0.15) is 12.8 Å². The smallest absolute Gasteiger partial charge is 0.460 e. The molecule has 0 radical (unpaired) electrons. The first kappa shape index (κ1) is 21.5. The molecule has 1 unspecified atom stereocenters. The van der Waals surface area contributed by atoms with E-state index in [1.165, 1.54) is 0 Å². The maximum absolute atomic E-state index is 13.7. The number of carboxylic acids is 1. The van der Waals surface area contributed by atoms with Gasteiger partial charge in [-0.25, -0.2) is 4.79 Å². The van der Waals surface area contributed by atoms with Crippen molar-refractivity contribution >= 4 is 5.97 Å². The first-order valence-electron chi connectivity index (χ1n) is 5.78. The number of aliphatic carboxylic acids is 1. The third kappa shape index (κ3) is 3.72. The van der Waals surface area contributed by atoms with Crippen molar-refractivity contribution in [1.82, 2.24) is 0 Å². The molecule has 0 aliphatic carbocycles. The Labute approximate surface area is 123 Å². The Balaban J connectivity index is 6.02. The summed E-state index contributed by atoms with van der Waals surface area (Å²) in [7, 11) is 0. The fourth-order valence-electron chi connectivity index (χ4n) is 1.62. The highest BCUT2D eigenvalue weighted by Gasteiger charge is 2.83. The van der Waals surface area contributed by atoms with Crippen LogP contribution in [0.5, 0.6) is 0 Å². The first-order chi connectivity index (χ1) is 10.1. The zero-order chi connectivity index (χ0) is 18.9. The lowest BCUT2D eigenvalue weighted by Gasteiger charge is -2.37. The summed E-state index contributed by atoms with van der Waals surface area (Å²) in [5, 5.41) is 16.9. The molecule has 0 fully saturated rings. The zero-order valence-electron chi connectivity index (χ0n) is 11.1. The molecule has 0 rings (SSSR count). The van der Waals surface area contributed by atoms with Crippen LogP contribution in [0.4, 0.5) is 39.5 Å². The molecule has 0 saturated carbocycles. The molecule has 12 heteroatoms. The van der Waals surface area contributed by atoms with E-state index in [9.17, 15) is 44.3 Å². The van der Waals surface area contributed by atoms with E-state index in [1.807, 2.05) is 0 Å². The summed E-state index contributed by atoms with van der Waals surface area (Å²) in [6, 6.07) is 0. The predicted molar refractivity (Wildman–Crippen MR) is 57.5 cm³/mol. The van der Waals surface area contributed by atoms with E-state index >= 15 is 0 Å². The summed E-state index contributed by atoms with van der Waals surface area (Å²) in [6.07, 6.45) is -9.04. The second-order valence-electron chi connectivity index (χ2n) is 4.52. The average molecular weight is 362 g/mol. The molecule has 3 nitrogen and oxygen atoms in total. The van der Waals surface area contributed by atoms with Crippen LogP contribution < -0.4 is 0 Å². The number of halogens is 9. The number of aliphatic hydroxyl groups excluding tert-OH is 1. The van der Waals surface area contributed by atoms with Crippen molar-refractivity contribution in [3.63, 3.8) is 0 Å². The van der Waals surface area contributed by atoms with Gasteiger partial charge in [-0.05, 0) is 12.8 Å². The molecule has 2 N–H and O–H groups in total. The van der Waals surface area contributed by atoms with Crippen LogP contribution in [0, 0.1) is 5.92 Å². The third-order valence-corrected chi connectivity index (χ3v) is 2.95. The van der Waals surface area contributed by atoms with Gasteiger partial charge in [0.1, 0.15) is 0 Å². The summed E-state index contributed by atoms with van der Waals surface area (Å²) in [5.74, 6) is -25.7. The largest absolute Gasteiger partial charge is 0.478 e. The lowest BCUT2D eigenvalue weighted by atomic mass is 9.83. The zero-order valence-corrected chi connectivity index (χ0v) is 11.1. The Hall–Kier alpha value is -1.46. The number of rotatable bonds is 8. The highest BCUT2D eigenvalue weighted by molar-refractivity contribution is 5.86. The minimum Gasteiger partial charge on any atom is -0.478 e. The molecule has 136 valence electrons. The fraction of sp³-hybridized carbons (Fsp3) is 0.727. The highest BCUT2D eigenvalue weighted by atomic mass is 19.4. The molecule has 0 heterocycles. The molecular formula is C11H11F9O3. The molecule has 0 aliphatic rings. The van der Waals surface area contributed by atoms with Crippen molar-refractivity contribution in [3.8, 4) is 0 Å². The molecule has 0 saturated heterocycles. The molecule has 23 heavy (non-hydrogen) atoms. The monoisotopic (exact) mass is 362 g/mol. The molecule has 0 spiro atoms. The quantitative estimate of drug-likeness (QED) is 0.514. The minimum atomic E-state index is -7.11. The second-order valence-corrected chi connectivity index (χ2v) is 4.52. The number of aliphatic hydroxyl groups is 1. The highest BCUT2D eigenvalue weighted by Crippen LogP contribution is 2.56. The maximum atomic E-state index is 13.7. The van der Waals surface area contributed by atoms with E-state index in [-0.39, 0.29) is 0 Å². The van der Waals surface area contributed by atoms with Crippen molar-refractivity contribution in [2.75, 3.05) is 6.61 Å². The van der Waals surface area contributed by atoms with Gasteiger partial charge in [-0.1, -0.05) is 6.58 Å². The van der Waals surface area contributed by atoms with E-state index in [2.05, 4.69) is 6.58 Å². The summed E-state index contributed by atoms with van der Waals surface area (Å²) in [6.45, 7) is 1.59. The Morgan fingerprint density at radius 3 is 1.70 bits per heavy atom. The number of carboxylic acid groups (broad SMARTS) is 1.